The van der Waals surface area contributed by atoms with Crippen molar-refractivity contribution in [2.24, 2.45) is 14.1 Å². The first-order valence-corrected chi connectivity index (χ1v) is 7.54. The Bertz CT molecular complexity index is 881. The molecule has 1 aromatic heterocycles. The van der Waals surface area contributed by atoms with Crippen LogP contribution in [-0.2, 0) is 18.9 Å². The summed E-state index contributed by atoms with van der Waals surface area (Å²) in [5.74, 6) is -0.275. The van der Waals surface area contributed by atoms with Crippen molar-refractivity contribution in [2.45, 2.75) is 12.3 Å². The lowest BCUT2D eigenvalue weighted by molar-refractivity contribution is -0.116. The van der Waals surface area contributed by atoms with Crippen LogP contribution in [0.3, 0.4) is 0 Å². The van der Waals surface area contributed by atoms with Gasteiger partial charge in [-0.1, -0.05) is 28.1 Å². The van der Waals surface area contributed by atoms with Crippen LogP contribution in [0.4, 0.5) is 5.82 Å². The first-order chi connectivity index (χ1) is 10.4. The summed E-state index contributed by atoms with van der Waals surface area (Å²) in [7, 11) is 2.99. The van der Waals surface area contributed by atoms with E-state index < -0.39 is 5.69 Å². The summed E-state index contributed by atoms with van der Waals surface area (Å²) in [6.45, 7) is 0. The molecule has 6 nitrogen and oxygen atoms in total. The van der Waals surface area contributed by atoms with Gasteiger partial charge in [0, 0.05) is 30.9 Å². The monoisotopic (exact) mass is 363 g/mol. The molecule has 114 valence electrons. The van der Waals surface area contributed by atoms with E-state index in [1.165, 1.54) is 11.6 Å². The molecule has 1 aromatic carbocycles. The topological polar surface area (TPSA) is 73.1 Å². The normalized spacial score (nSPS) is 17.0. The summed E-state index contributed by atoms with van der Waals surface area (Å²) < 4.78 is 3.30. The van der Waals surface area contributed by atoms with Gasteiger partial charge in [0.15, 0.2) is 0 Å². The van der Waals surface area contributed by atoms with Gasteiger partial charge in [0.1, 0.15) is 5.82 Å². The molecule has 2 heterocycles. The molecule has 1 aliphatic heterocycles. The molecule has 0 aliphatic carbocycles. The molecule has 1 N–H and O–H groups in total. The summed E-state index contributed by atoms with van der Waals surface area (Å²) in [5.41, 5.74) is 0.494. The molecular formula is C15H14BrN3O3. The molecule has 7 heteroatoms. The highest BCUT2D eigenvalue weighted by Crippen LogP contribution is 2.34. The standard InChI is InChI=1S/C15H14BrN3O3/c1-18-13-12(14(21)19(2)15(18)22)10(7-11(20)17-13)8-3-5-9(16)6-4-8/h3-6,10H,7H2,1-2H3,(H,17,20). The highest BCUT2D eigenvalue weighted by molar-refractivity contribution is 9.10. The number of carbonyl (C=O) groups is 1. The van der Waals surface area contributed by atoms with Crippen LogP contribution in [0.1, 0.15) is 23.5 Å². The second-order valence-corrected chi connectivity index (χ2v) is 6.24. The maximum absolute atomic E-state index is 12.5. The molecule has 22 heavy (non-hydrogen) atoms. The average Bonchev–Trinajstić information content (AvgIpc) is 2.50. The van der Waals surface area contributed by atoms with E-state index >= 15 is 0 Å². The molecule has 2 aromatic rings. The number of benzene rings is 1. The second-order valence-electron chi connectivity index (χ2n) is 5.32. The van der Waals surface area contributed by atoms with Crippen molar-refractivity contribution in [3.63, 3.8) is 0 Å². The Kier molecular flexibility index (Phi) is 3.52. The van der Waals surface area contributed by atoms with Crippen LogP contribution < -0.4 is 16.6 Å². The van der Waals surface area contributed by atoms with Crippen molar-refractivity contribution in [3.05, 3.63) is 60.7 Å². The number of amides is 1. The zero-order valence-electron chi connectivity index (χ0n) is 12.1. The van der Waals surface area contributed by atoms with Crippen LogP contribution in [0.15, 0.2) is 38.3 Å². The molecule has 0 fully saturated rings. The Morgan fingerprint density at radius 2 is 1.73 bits per heavy atom. The van der Waals surface area contributed by atoms with E-state index in [2.05, 4.69) is 21.2 Å². The highest BCUT2D eigenvalue weighted by Gasteiger charge is 2.32. The number of hydrogen-bond donors (Lipinski definition) is 1. The van der Waals surface area contributed by atoms with Crippen molar-refractivity contribution in [1.82, 2.24) is 9.13 Å². The van der Waals surface area contributed by atoms with Gasteiger partial charge in [0.2, 0.25) is 5.91 Å². The maximum Gasteiger partial charge on any atom is 0.332 e. The van der Waals surface area contributed by atoms with E-state index in [0.717, 1.165) is 14.6 Å². The lowest BCUT2D eigenvalue weighted by Crippen LogP contribution is -2.44. The first-order valence-electron chi connectivity index (χ1n) is 6.75. The molecule has 0 saturated heterocycles. The summed E-state index contributed by atoms with van der Waals surface area (Å²) >= 11 is 3.37. The third-order valence-corrected chi connectivity index (χ3v) is 4.50. The Labute approximate surface area is 134 Å². The van der Waals surface area contributed by atoms with E-state index in [9.17, 15) is 14.4 Å². The quantitative estimate of drug-likeness (QED) is 0.830. The smallest absolute Gasteiger partial charge is 0.312 e. The first kappa shape index (κ1) is 14.8. The number of anilines is 1. The van der Waals surface area contributed by atoms with E-state index in [4.69, 9.17) is 0 Å². The van der Waals surface area contributed by atoms with Gasteiger partial charge >= 0.3 is 5.69 Å². The summed E-state index contributed by atoms with van der Waals surface area (Å²) in [6.07, 6.45) is 0.183. The molecule has 1 unspecified atom stereocenters. The van der Waals surface area contributed by atoms with Gasteiger partial charge in [-0.05, 0) is 17.7 Å². The number of nitrogens with one attached hydrogen (secondary N) is 1. The summed E-state index contributed by atoms with van der Waals surface area (Å²) in [4.78, 5) is 36.5. The molecule has 1 amide bonds. The third kappa shape index (κ3) is 2.21. The van der Waals surface area contributed by atoms with Crippen LogP contribution in [0, 0.1) is 0 Å². The largest absolute Gasteiger partial charge is 0.332 e. The molecule has 0 spiro atoms. The van der Waals surface area contributed by atoms with E-state index in [0.29, 0.717) is 5.56 Å². The number of nitrogens with zero attached hydrogens (tertiary/aromatic N) is 2. The molecule has 1 aliphatic rings. The van der Waals surface area contributed by atoms with Gasteiger partial charge in [-0.25, -0.2) is 4.79 Å². The van der Waals surface area contributed by atoms with E-state index in [-0.39, 0.29) is 29.6 Å². The lowest BCUT2D eigenvalue weighted by atomic mass is 9.87. The highest BCUT2D eigenvalue weighted by atomic mass is 79.9. The Balaban J connectivity index is 2.30. The van der Waals surface area contributed by atoms with Crippen LogP contribution >= 0.6 is 15.9 Å². The fourth-order valence-corrected chi connectivity index (χ4v) is 3.05. The van der Waals surface area contributed by atoms with Gasteiger partial charge in [-0.2, -0.15) is 0 Å². The fourth-order valence-electron chi connectivity index (χ4n) is 2.79. The number of halogens is 1. The number of aromatic nitrogens is 2. The van der Waals surface area contributed by atoms with E-state index in [1.807, 2.05) is 24.3 Å². The zero-order valence-corrected chi connectivity index (χ0v) is 13.7. The van der Waals surface area contributed by atoms with Crippen LogP contribution in [-0.4, -0.2) is 15.0 Å². The Morgan fingerprint density at radius 1 is 1.09 bits per heavy atom. The predicted molar refractivity (Wildman–Crippen MR) is 86.2 cm³/mol. The van der Waals surface area contributed by atoms with Gasteiger partial charge in [-0.3, -0.25) is 18.7 Å². The minimum Gasteiger partial charge on any atom is -0.312 e. The molecule has 0 radical (unpaired) electrons. The van der Waals surface area contributed by atoms with Crippen molar-refractivity contribution >= 4 is 27.7 Å². The zero-order chi connectivity index (χ0) is 16.0. The molecule has 1 atom stereocenters. The Morgan fingerprint density at radius 3 is 2.36 bits per heavy atom. The maximum atomic E-state index is 12.5. The van der Waals surface area contributed by atoms with Crippen LogP contribution in [0.25, 0.3) is 0 Å². The SMILES string of the molecule is Cn1c2c(c(=O)n(C)c1=O)C(c1ccc(Br)cc1)CC(=O)N2. The van der Waals surface area contributed by atoms with Gasteiger partial charge in [0.25, 0.3) is 5.56 Å². The second kappa shape index (κ2) is 5.24. The molecule has 0 saturated carbocycles. The molecule has 3 rings (SSSR count). The van der Waals surface area contributed by atoms with Gasteiger partial charge in [-0.15, -0.1) is 0 Å². The van der Waals surface area contributed by atoms with Crippen molar-refractivity contribution in [2.75, 3.05) is 5.32 Å². The molecular weight excluding hydrogens is 350 g/mol. The number of carbonyl (C=O) groups excluding carboxylic acids is 1. The van der Waals surface area contributed by atoms with Crippen LogP contribution in [0.5, 0.6) is 0 Å². The number of rotatable bonds is 1. The number of fused-ring (bicyclic) bond motifs is 1. The van der Waals surface area contributed by atoms with E-state index in [1.54, 1.807) is 7.05 Å². The summed E-state index contributed by atoms with van der Waals surface area (Å²) in [5, 5.41) is 2.65. The minimum atomic E-state index is -0.458. The van der Waals surface area contributed by atoms with Crippen molar-refractivity contribution in [3.8, 4) is 0 Å². The number of hydrogen-bond acceptors (Lipinski definition) is 3. The van der Waals surface area contributed by atoms with Crippen LogP contribution in [0.2, 0.25) is 0 Å². The van der Waals surface area contributed by atoms with Gasteiger partial charge < -0.3 is 5.32 Å². The van der Waals surface area contributed by atoms with Crippen molar-refractivity contribution < 1.29 is 4.79 Å². The average molecular weight is 364 g/mol. The third-order valence-electron chi connectivity index (χ3n) is 3.97. The molecule has 0 bridgehead atoms. The minimum absolute atomic E-state index is 0.183. The van der Waals surface area contributed by atoms with Crippen molar-refractivity contribution in [1.29, 1.82) is 0 Å². The summed E-state index contributed by atoms with van der Waals surface area (Å²) in [6, 6.07) is 7.49. The van der Waals surface area contributed by atoms with Gasteiger partial charge in [0.05, 0.1) is 5.56 Å². The fraction of sp³-hybridized carbons (Fsp3) is 0.267. The Hall–Kier alpha value is -2.15. The lowest BCUT2D eigenvalue weighted by Gasteiger charge is -2.27. The predicted octanol–water partition coefficient (Wildman–Crippen LogP) is 1.32.